The third kappa shape index (κ3) is 7.03. The molecule has 44 heavy (non-hydrogen) atoms. The summed E-state index contributed by atoms with van der Waals surface area (Å²) in [5.74, 6) is 0. The molecule has 0 heterocycles. The maximum atomic E-state index is 13.4. The Morgan fingerprint density at radius 2 is 0.750 bits per heavy atom. The van der Waals surface area contributed by atoms with Gasteiger partial charge in [-0.1, -0.05) is 100 Å². The van der Waals surface area contributed by atoms with E-state index in [-0.39, 0.29) is 16.5 Å². The van der Waals surface area contributed by atoms with Crippen LogP contribution < -0.4 is 22.9 Å². The molecule has 4 aromatic rings. The quantitative estimate of drug-likeness (QED) is 0.130. The van der Waals surface area contributed by atoms with E-state index in [1.807, 2.05) is 12.1 Å². The number of anilines is 2. The highest BCUT2D eigenvalue weighted by atomic mass is 19.4. The smallest absolute Gasteiger partial charge is 0.398 e. The fourth-order valence-corrected chi connectivity index (χ4v) is 5.72. The van der Waals surface area contributed by atoms with Gasteiger partial charge in [0.05, 0.1) is 11.1 Å². The molecule has 4 aromatic carbocycles. The Hall–Kier alpha value is -4.02. The molecule has 0 fully saturated rings. The molecule has 8 N–H and O–H groups in total. The third-order valence-electron chi connectivity index (χ3n) is 7.93. The number of alkyl halides is 6. The van der Waals surface area contributed by atoms with Crippen molar-refractivity contribution in [3.8, 4) is 0 Å². The molecule has 0 aliphatic heterocycles. The van der Waals surface area contributed by atoms with Crippen LogP contribution in [-0.2, 0) is 36.3 Å². The predicted molar refractivity (Wildman–Crippen MR) is 165 cm³/mol. The van der Waals surface area contributed by atoms with Gasteiger partial charge in [-0.15, -0.1) is 0 Å². The molecule has 0 amide bonds. The monoisotopic (exact) mass is 616 g/mol. The lowest BCUT2D eigenvalue weighted by molar-refractivity contribution is -0.138. The van der Waals surface area contributed by atoms with Gasteiger partial charge in [-0.25, -0.2) is 0 Å². The van der Waals surface area contributed by atoms with Crippen LogP contribution in [0.25, 0.3) is 0 Å². The summed E-state index contributed by atoms with van der Waals surface area (Å²) in [6.45, 7) is 8.14. The van der Waals surface area contributed by atoms with Crippen LogP contribution in [0.1, 0.15) is 72.2 Å². The highest BCUT2D eigenvalue weighted by Crippen LogP contribution is 2.47. The molecule has 0 unspecified atom stereocenters. The normalized spacial score (nSPS) is 12.5. The summed E-state index contributed by atoms with van der Waals surface area (Å²) in [6.07, 6.45) is -9.62. The predicted octanol–water partition coefficient (Wildman–Crippen LogP) is 8.14. The van der Waals surface area contributed by atoms with Crippen molar-refractivity contribution in [2.24, 2.45) is 11.5 Å². The number of rotatable bonds is 6. The second-order valence-electron chi connectivity index (χ2n) is 11.5. The summed E-state index contributed by atoms with van der Waals surface area (Å²) < 4.78 is 80.7. The summed E-state index contributed by atoms with van der Waals surface area (Å²) in [7, 11) is 0. The highest BCUT2D eigenvalue weighted by molar-refractivity contribution is 5.61. The Morgan fingerprint density at radius 1 is 0.455 bits per heavy atom. The van der Waals surface area contributed by atoms with E-state index >= 15 is 0 Å². The van der Waals surface area contributed by atoms with Gasteiger partial charge >= 0.3 is 12.4 Å². The van der Waals surface area contributed by atoms with Crippen molar-refractivity contribution < 1.29 is 26.3 Å². The van der Waals surface area contributed by atoms with E-state index in [9.17, 15) is 26.3 Å². The second-order valence-corrected chi connectivity index (χ2v) is 11.5. The molecule has 0 radical (unpaired) electrons. The van der Waals surface area contributed by atoms with Gasteiger partial charge in [0.25, 0.3) is 0 Å². The van der Waals surface area contributed by atoms with Crippen LogP contribution in [0.15, 0.2) is 84.9 Å². The number of benzene rings is 4. The van der Waals surface area contributed by atoms with Gasteiger partial charge in [-0.05, 0) is 45.5 Å². The molecule has 0 saturated carbocycles. The van der Waals surface area contributed by atoms with Gasteiger partial charge in [-0.2, -0.15) is 26.3 Å². The van der Waals surface area contributed by atoms with E-state index in [4.69, 9.17) is 22.9 Å². The summed E-state index contributed by atoms with van der Waals surface area (Å²) in [5, 5.41) is 0. The van der Waals surface area contributed by atoms with Crippen molar-refractivity contribution in [1.82, 2.24) is 0 Å². The number of hydrogen-bond donors (Lipinski definition) is 4. The van der Waals surface area contributed by atoms with Crippen molar-refractivity contribution in [3.63, 3.8) is 0 Å². The zero-order valence-corrected chi connectivity index (χ0v) is 25.1. The number of halogens is 6. The van der Waals surface area contributed by atoms with E-state index in [0.29, 0.717) is 13.1 Å². The van der Waals surface area contributed by atoms with E-state index in [2.05, 4.69) is 50.2 Å². The van der Waals surface area contributed by atoms with Crippen molar-refractivity contribution >= 4 is 11.4 Å². The molecule has 0 saturated heterocycles. The summed E-state index contributed by atoms with van der Waals surface area (Å²) in [4.78, 5) is 0. The van der Waals surface area contributed by atoms with Crippen molar-refractivity contribution in [2.45, 2.75) is 64.0 Å². The van der Waals surface area contributed by atoms with Crippen LogP contribution in [0, 0.1) is 0 Å². The Morgan fingerprint density at radius 3 is 1.07 bits per heavy atom. The zero-order valence-electron chi connectivity index (χ0n) is 25.1. The lowest BCUT2D eigenvalue weighted by Gasteiger charge is -2.32. The summed E-state index contributed by atoms with van der Waals surface area (Å²) in [5.41, 5.74) is 21.8. The Bertz CT molecular complexity index is 1470. The van der Waals surface area contributed by atoms with Crippen LogP contribution in [0.2, 0.25) is 0 Å². The zero-order chi connectivity index (χ0) is 33.1. The van der Waals surface area contributed by atoms with Crippen LogP contribution in [0.3, 0.4) is 0 Å². The van der Waals surface area contributed by atoms with E-state index in [1.165, 1.54) is 48.2 Å². The Balaban J connectivity index is 0.000000249. The van der Waals surface area contributed by atoms with Crippen LogP contribution in [0.4, 0.5) is 37.7 Å². The van der Waals surface area contributed by atoms with Gasteiger partial charge in [0.1, 0.15) is 0 Å². The topological polar surface area (TPSA) is 104 Å². The first-order valence-electron chi connectivity index (χ1n) is 13.9. The third-order valence-corrected chi connectivity index (χ3v) is 7.93. The van der Waals surface area contributed by atoms with Gasteiger partial charge in [0, 0.05) is 35.3 Å². The molecular weight excluding hydrogens is 578 g/mol. The van der Waals surface area contributed by atoms with E-state index in [1.54, 1.807) is 0 Å². The number of hydrogen-bond acceptors (Lipinski definition) is 4. The van der Waals surface area contributed by atoms with Crippen molar-refractivity contribution in [2.75, 3.05) is 11.5 Å². The summed E-state index contributed by atoms with van der Waals surface area (Å²) >= 11 is 0. The standard InChI is InChI=1S/C17H16F6N2.C17H22N2/c1-15(2,9-5-3-7-11(24)13(9)16(18,19)20)10-6-4-8-12(25)14(10)17(21,22)23;1-17(2,15-9-5-3-7-13(15)11-18)16-10-6-4-8-14(16)12-19/h3-8H,24-25H2,1-2H3;3-10H,11-12,18-19H2,1-2H3. The molecule has 0 atom stereocenters. The minimum atomic E-state index is -4.81. The van der Waals surface area contributed by atoms with Gasteiger partial charge in [-0.3, -0.25) is 0 Å². The fraction of sp³-hybridized carbons (Fsp3) is 0.294. The molecule has 0 aromatic heterocycles. The molecule has 0 bridgehead atoms. The number of nitrogens with two attached hydrogens (primary N) is 4. The maximum absolute atomic E-state index is 13.4. The molecule has 236 valence electrons. The Labute approximate surface area is 254 Å². The number of nitrogen functional groups attached to an aromatic ring is 2. The van der Waals surface area contributed by atoms with Crippen molar-refractivity contribution in [1.29, 1.82) is 0 Å². The summed E-state index contributed by atoms with van der Waals surface area (Å²) in [6, 6.07) is 23.7. The van der Waals surface area contributed by atoms with Gasteiger partial charge < -0.3 is 22.9 Å². The molecule has 4 nitrogen and oxygen atoms in total. The van der Waals surface area contributed by atoms with E-state index in [0.717, 1.165) is 24.3 Å². The molecule has 0 aliphatic rings. The maximum Gasteiger partial charge on any atom is 0.418 e. The first-order valence-corrected chi connectivity index (χ1v) is 13.9. The molecule has 0 spiro atoms. The lowest BCUT2D eigenvalue weighted by atomic mass is 9.73. The second kappa shape index (κ2) is 12.9. The molecule has 10 heteroatoms. The first kappa shape index (κ1) is 34.5. The molecular formula is C34H38F6N4. The van der Waals surface area contributed by atoms with Crippen molar-refractivity contribution in [3.05, 3.63) is 129 Å². The van der Waals surface area contributed by atoms with E-state index < -0.39 is 40.3 Å². The minimum Gasteiger partial charge on any atom is -0.398 e. The average Bonchev–Trinajstić information content (AvgIpc) is 2.95. The van der Waals surface area contributed by atoms with Gasteiger partial charge in [0.15, 0.2) is 0 Å². The van der Waals surface area contributed by atoms with Crippen LogP contribution in [0.5, 0.6) is 0 Å². The largest absolute Gasteiger partial charge is 0.418 e. The SMILES string of the molecule is CC(C)(c1cccc(N)c1C(F)(F)F)c1cccc(N)c1C(F)(F)F.CC(C)(c1ccccc1CN)c1ccccc1CN. The fourth-order valence-electron chi connectivity index (χ4n) is 5.72. The van der Waals surface area contributed by atoms with Gasteiger partial charge in [0.2, 0.25) is 0 Å². The first-order chi connectivity index (χ1) is 20.4. The lowest BCUT2D eigenvalue weighted by Crippen LogP contribution is -2.28. The molecule has 0 aliphatic carbocycles. The molecule has 4 rings (SSSR count). The van der Waals surface area contributed by atoms with Crippen LogP contribution in [-0.4, -0.2) is 0 Å². The average molecular weight is 617 g/mol. The Kier molecular flexibility index (Phi) is 10.1. The minimum absolute atomic E-state index is 0.0913. The highest BCUT2D eigenvalue weighted by Gasteiger charge is 2.44. The van der Waals surface area contributed by atoms with Crippen LogP contribution >= 0.6 is 0 Å².